The van der Waals surface area contributed by atoms with Crippen molar-refractivity contribution in [1.29, 1.82) is 0 Å². The van der Waals surface area contributed by atoms with Gasteiger partial charge in [0.25, 0.3) is 0 Å². The van der Waals surface area contributed by atoms with E-state index in [0.717, 1.165) is 12.2 Å². The van der Waals surface area contributed by atoms with Crippen molar-refractivity contribution >= 4 is 17.6 Å². The summed E-state index contributed by atoms with van der Waals surface area (Å²) in [5.41, 5.74) is 6.57. The van der Waals surface area contributed by atoms with Gasteiger partial charge in [0.2, 0.25) is 0 Å². The van der Waals surface area contributed by atoms with Crippen LogP contribution in [-0.4, -0.2) is 51.6 Å². The summed E-state index contributed by atoms with van der Waals surface area (Å²) >= 11 is 0. The van der Waals surface area contributed by atoms with Gasteiger partial charge in [-0.1, -0.05) is 6.92 Å². The third kappa shape index (κ3) is 2.07. The van der Waals surface area contributed by atoms with E-state index in [1.54, 1.807) is 10.9 Å². The first kappa shape index (κ1) is 12.5. The second kappa shape index (κ2) is 4.75. The van der Waals surface area contributed by atoms with Gasteiger partial charge in [-0.2, -0.15) is 5.10 Å². The third-order valence-electron chi connectivity index (χ3n) is 3.43. The number of nitrogen functional groups attached to an aromatic ring is 1. The number of nitrogens with zero attached hydrogens (tertiary/aromatic N) is 4. The van der Waals surface area contributed by atoms with E-state index >= 15 is 0 Å². The van der Waals surface area contributed by atoms with Crippen LogP contribution in [0.5, 0.6) is 0 Å². The van der Waals surface area contributed by atoms with E-state index < -0.39 is 6.09 Å². The lowest BCUT2D eigenvalue weighted by Gasteiger charge is -2.41. The van der Waals surface area contributed by atoms with Crippen LogP contribution in [0.3, 0.4) is 0 Å². The molecule has 2 heterocycles. The molecule has 1 aliphatic heterocycles. The molecule has 3 N–H and O–H groups in total. The van der Waals surface area contributed by atoms with Gasteiger partial charge in [-0.3, -0.25) is 4.68 Å². The lowest BCUT2D eigenvalue weighted by atomic mass is 10.1. The zero-order valence-electron chi connectivity index (χ0n) is 10.7. The van der Waals surface area contributed by atoms with Crippen LogP contribution in [0, 0.1) is 0 Å². The summed E-state index contributed by atoms with van der Waals surface area (Å²) in [5.74, 6) is 0.881. The lowest BCUT2D eigenvalue weighted by Crippen LogP contribution is -2.55. The Balaban J connectivity index is 2.22. The quantitative estimate of drug-likeness (QED) is 0.805. The van der Waals surface area contributed by atoms with E-state index in [9.17, 15) is 4.79 Å². The number of hydrogen-bond acceptors (Lipinski definition) is 4. The van der Waals surface area contributed by atoms with Gasteiger partial charge < -0.3 is 20.6 Å². The molecule has 1 aromatic rings. The van der Waals surface area contributed by atoms with Crippen molar-refractivity contribution in [3.05, 3.63) is 6.20 Å². The maximum Gasteiger partial charge on any atom is 0.407 e. The summed E-state index contributed by atoms with van der Waals surface area (Å²) in [6.45, 7) is 3.71. The van der Waals surface area contributed by atoms with Crippen LogP contribution in [0.2, 0.25) is 0 Å². The number of anilines is 2. The highest BCUT2D eigenvalue weighted by Gasteiger charge is 2.30. The van der Waals surface area contributed by atoms with Gasteiger partial charge in [0.15, 0.2) is 0 Å². The minimum atomic E-state index is -0.855. The number of carboxylic acid groups (broad SMARTS) is 1. The molecule has 1 aromatic heterocycles. The number of aromatic nitrogens is 2. The van der Waals surface area contributed by atoms with Gasteiger partial charge in [0.1, 0.15) is 5.82 Å². The Bertz CT molecular complexity index is 425. The SMILES string of the molecule is CCC1CN(C(=O)O)CCN1c1c(N)cnn1C. The van der Waals surface area contributed by atoms with Crippen LogP contribution in [0.1, 0.15) is 13.3 Å². The molecule has 7 nitrogen and oxygen atoms in total. The van der Waals surface area contributed by atoms with Crippen LogP contribution >= 0.6 is 0 Å². The summed E-state index contributed by atoms with van der Waals surface area (Å²) in [5, 5.41) is 13.2. The molecule has 1 aliphatic rings. The van der Waals surface area contributed by atoms with Crippen LogP contribution in [-0.2, 0) is 7.05 Å². The minimum Gasteiger partial charge on any atom is -0.465 e. The predicted molar refractivity (Wildman–Crippen MR) is 68.6 cm³/mol. The summed E-state index contributed by atoms with van der Waals surface area (Å²) in [6, 6.07) is 0.146. The van der Waals surface area contributed by atoms with Crippen molar-refractivity contribution in [1.82, 2.24) is 14.7 Å². The van der Waals surface area contributed by atoms with E-state index in [-0.39, 0.29) is 6.04 Å². The van der Waals surface area contributed by atoms with E-state index in [2.05, 4.69) is 16.9 Å². The van der Waals surface area contributed by atoms with E-state index in [1.807, 2.05) is 7.05 Å². The number of hydrogen-bond donors (Lipinski definition) is 2. The van der Waals surface area contributed by atoms with E-state index in [1.165, 1.54) is 4.90 Å². The first-order chi connectivity index (χ1) is 8.54. The molecule has 1 saturated heterocycles. The maximum atomic E-state index is 11.0. The van der Waals surface area contributed by atoms with Gasteiger partial charge in [-0.25, -0.2) is 4.79 Å². The highest BCUT2D eigenvalue weighted by atomic mass is 16.4. The lowest BCUT2D eigenvalue weighted by molar-refractivity contribution is 0.134. The van der Waals surface area contributed by atoms with Crippen molar-refractivity contribution < 1.29 is 9.90 Å². The molecule has 0 bridgehead atoms. The summed E-state index contributed by atoms with van der Waals surface area (Å²) < 4.78 is 1.74. The number of aryl methyl sites for hydroxylation is 1. The normalized spacial score (nSPS) is 20.2. The molecule has 0 saturated carbocycles. The van der Waals surface area contributed by atoms with Crippen LogP contribution in [0.4, 0.5) is 16.3 Å². The number of carbonyl (C=O) groups is 1. The number of nitrogens with two attached hydrogens (primary N) is 1. The summed E-state index contributed by atoms with van der Waals surface area (Å²) in [6.07, 6.45) is 1.64. The van der Waals surface area contributed by atoms with Crippen LogP contribution < -0.4 is 10.6 Å². The molecule has 100 valence electrons. The molecule has 1 atom stereocenters. The Kier molecular flexibility index (Phi) is 3.31. The molecular weight excluding hydrogens is 234 g/mol. The standard InChI is InChI=1S/C11H19N5O2/c1-3-8-7-15(11(17)18)4-5-16(8)10-9(12)6-13-14(10)2/h6,8H,3-5,7,12H2,1-2H3,(H,17,18). The molecular formula is C11H19N5O2. The molecule has 0 radical (unpaired) electrons. The first-order valence-corrected chi connectivity index (χ1v) is 6.06. The van der Waals surface area contributed by atoms with Crippen LogP contribution in [0.15, 0.2) is 6.20 Å². The highest BCUT2D eigenvalue weighted by molar-refractivity contribution is 5.67. The number of piperazine rings is 1. The summed E-state index contributed by atoms with van der Waals surface area (Å²) in [4.78, 5) is 14.6. The minimum absolute atomic E-state index is 0.146. The second-order valence-corrected chi connectivity index (χ2v) is 4.53. The number of rotatable bonds is 2. The van der Waals surface area contributed by atoms with Gasteiger partial charge in [-0.15, -0.1) is 0 Å². The Morgan fingerprint density at radius 2 is 2.33 bits per heavy atom. The van der Waals surface area contributed by atoms with Crippen LogP contribution in [0.25, 0.3) is 0 Å². The summed E-state index contributed by atoms with van der Waals surface area (Å²) in [7, 11) is 1.85. The van der Waals surface area contributed by atoms with Crippen molar-refractivity contribution in [2.75, 3.05) is 30.3 Å². The fourth-order valence-corrected chi connectivity index (χ4v) is 2.46. The molecule has 0 aromatic carbocycles. The zero-order chi connectivity index (χ0) is 13.3. The first-order valence-electron chi connectivity index (χ1n) is 6.06. The van der Waals surface area contributed by atoms with Crippen molar-refractivity contribution in [3.63, 3.8) is 0 Å². The molecule has 0 spiro atoms. The molecule has 1 amide bonds. The Labute approximate surface area is 106 Å². The third-order valence-corrected chi connectivity index (χ3v) is 3.43. The fraction of sp³-hybridized carbons (Fsp3) is 0.636. The van der Waals surface area contributed by atoms with Crippen molar-refractivity contribution in [2.24, 2.45) is 7.05 Å². The smallest absolute Gasteiger partial charge is 0.407 e. The van der Waals surface area contributed by atoms with Crippen molar-refractivity contribution in [3.8, 4) is 0 Å². The predicted octanol–water partition coefficient (Wildman–Crippen LogP) is 0.581. The molecule has 1 fully saturated rings. The molecule has 1 unspecified atom stereocenters. The van der Waals surface area contributed by atoms with E-state index in [4.69, 9.17) is 10.8 Å². The molecule has 7 heteroatoms. The fourth-order valence-electron chi connectivity index (χ4n) is 2.46. The average molecular weight is 253 g/mol. The Hall–Kier alpha value is -1.92. The van der Waals surface area contributed by atoms with E-state index in [0.29, 0.717) is 25.3 Å². The maximum absolute atomic E-state index is 11.0. The monoisotopic (exact) mass is 253 g/mol. The van der Waals surface area contributed by atoms with Gasteiger partial charge in [0.05, 0.1) is 11.9 Å². The highest BCUT2D eigenvalue weighted by Crippen LogP contribution is 2.27. The molecule has 2 rings (SSSR count). The molecule has 0 aliphatic carbocycles. The molecule has 18 heavy (non-hydrogen) atoms. The van der Waals surface area contributed by atoms with Gasteiger partial charge in [-0.05, 0) is 6.42 Å². The average Bonchev–Trinajstić information content (AvgIpc) is 2.68. The topological polar surface area (TPSA) is 87.6 Å². The van der Waals surface area contributed by atoms with Gasteiger partial charge >= 0.3 is 6.09 Å². The number of amides is 1. The largest absolute Gasteiger partial charge is 0.465 e. The second-order valence-electron chi connectivity index (χ2n) is 4.53. The Morgan fingerprint density at radius 3 is 2.83 bits per heavy atom. The van der Waals surface area contributed by atoms with Gasteiger partial charge in [0, 0.05) is 32.7 Å². The zero-order valence-corrected chi connectivity index (χ0v) is 10.7. The van der Waals surface area contributed by atoms with Crippen molar-refractivity contribution in [2.45, 2.75) is 19.4 Å². The Morgan fingerprint density at radius 1 is 1.61 bits per heavy atom.